The van der Waals surface area contributed by atoms with E-state index in [0.717, 1.165) is 12.8 Å². The predicted molar refractivity (Wildman–Crippen MR) is 48.9 cm³/mol. The van der Waals surface area contributed by atoms with Crippen LogP contribution in [0.5, 0.6) is 0 Å². The number of ether oxygens (including phenoxy) is 2. The Labute approximate surface area is 75.2 Å². The molecule has 72 valence electrons. The van der Waals surface area contributed by atoms with Crippen molar-refractivity contribution in [2.45, 2.75) is 38.9 Å². The normalized spacial score (nSPS) is 35.0. The second kappa shape index (κ2) is 3.75. The average Bonchev–Trinajstić information content (AvgIpc) is 2.02. The quantitative estimate of drug-likeness (QED) is 0.596. The van der Waals surface area contributed by atoms with E-state index in [9.17, 15) is 0 Å². The highest BCUT2D eigenvalue weighted by Crippen LogP contribution is 2.38. The summed E-state index contributed by atoms with van der Waals surface area (Å²) in [5.74, 6) is 1.14. The Hall–Kier alpha value is -0.0800. The average molecular weight is 172 g/mol. The molecule has 0 aliphatic heterocycles. The molecular formula is C10H20O2. The lowest BCUT2D eigenvalue weighted by Crippen LogP contribution is -2.41. The lowest BCUT2D eigenvalue weighted by atomic mass is 9.79. The van der Waals surface area contributed by atoms with Crippen LogP contribution in [0.3, 0.4) is 0 Å². The molecule has 1 aliphatic rings. The van der Waals surface area contributed by atoms with Crippen LogP contribution in [0.4, 0.5) is 0 Å². The molecule has 0 amide bonds. The molecule has 2 atom stereocenters. The van der Waals surface area contributed by atoms with Crippen molar-refractivity contribution in [3.8, 4) is 0 Å². The molecule has 0 aromatic heterocycles. The molecule has 0 N–H and O–H groups in total. The summed E-state index contributed by atoms with van der Waals surface area (Å²) in [5, 5.41) is 0. The van der Waals surface area contributed by atoms with Gasteiger partial charge in [-0.2, -0.15) is 0 Å². The Bertz CT molecular complexity index is 129. The van der Waals surface area contributed by atoms with Gasteiger partial charge in [0.1, 0.15) is 0 Å². The molecule has 1 fully saturated rings. The maximum absolute atomic E-state index is 5.45. The highest BCUT2D eigenvalue weighted by Gasteiger charge is 2.37. The van der Waals surface area contributed by atoms with Gasteiger partial charge in [-0.3, -0.25) is 0 Å². The number of hydrogen-bond acceptors (Lipinski definition) is 2. The zero-order valence-electron chi connectivity index (χ0n) is 8.59. The van der Waals surface area contributed by atoms with Crippen LogP contribution in [0.25, 0.3) is 0 Å². The van der Waals surface area contributed by atoms with Crippen LogP contribution >= 0.6 is 0 Å². The van der Waals surface area contributed by atoms with Crippen molar-refractivity contribution in [3.63, 3.8) is 0 Å². The summed E-state index contributed by atoms with van der Waals surface area (Å²) in [6.45, 7) is 4.53. The first-order valence-corrected chi connectivity index (χ1v) is 4.72. The maximum atomic E-state index is 5.45. The molecule has 12 heavy (non-hydrogen) atoms. The Morgan fingerprint density at radius 1 is 1.00 bits per heavy atom. The fraction of sp³-hybridized carbons (Fsp3) is 1.00. The zero-order valence-corrected chi connectivity index (χ0v) is 8.59. The van der Waals surface area contributed by atoms with E-state index in [0.29, 0.717) is 11.8 Å². The minimum atomic E-state index is -0.295. The first-order valence-electron chi connectivity index (χ1n) is 4.72. The molecule has 0 heterocycles. The second-order valence-electron chi connectivity index (χ2n) is 4.17. The van der Waals surface area contributed by atoms with Gasteiger partial charge in [-0.05, 0) is 18.3 Å². The Morgan fingerprint density at radius 3 is 1.75 bits per heavy atom. The summed E-state index contributed by atoms with van der Waals surface area (Å²) in [4.78, 5) is 0. The van der Waals surface area contributed by atoms with Gasteiger partial charge in [0.25, 0.3) is 0 Å². The zero-order chi connectivity index (χ0) is 9.19. The van der Waals surface area contributed by atoms with Crippen molar-refractivity contribution in [3.05, 3.63) is 0 Å². The molecule has 0 aromatic rings. The highest BCUT2D eigenvalue weighted by molar-refractivity contribution is 4.81. The lowest BCUT2D eigenvalue weighted by Gasteiger charge is -2.40. The third-order valence-corrected chi connectivity index (χ3v) is 2.87. The molecule has 2 unspecified atom stereocenters. The van der Waals surface area contributed by atoms with Crippen LogP contribution in [0.2, 0.25) is 0 Å². The Balaban J connectivity index is 2.62. The van der Waals surface area contributed by atoms with Crippen molar-refractivity contribution in [1.82, 2.24) is 0 Å². The van der Waals surface area contributed by atoms with Crippen LogP contribution in [0, 0.1) is 11.8 Å². The van der Waals surface area contributed by atoms with Gasteiger partial charge in [0.2, 0.25) is 0 Å². The van der Waals surface area contributed by atoms with E-state index in [-0.39, 0.29) is 5.79 Å². The topological polar surface area (TPSA) is 18.5 Å². The van der Waals surface area contributed by atoms with Crippen molar-refractivity contribution in [1.29, 1.82) is 0 Å². The fourth-order valence-electron chi connectivity index (χ4n) is 2.42. The van der Waals surface area contributed by atoms with Gasteiger partial charge in [0.05, 0.1) is 0 Å². The molecule has 0 spiro atoms. The Kier molecular flexibility index (Phi) is 3.13. The Morgan fingerprint density at radius 2 is 1.42 bits per heavy atom. The molecule has 2 nitrogen and oxygen atoms in total. The van der Waals surface area contributed by atoms with E-state index >= 15 is 0 Å². The first kappa shape index (κ1) is 10.0. The number of methoxy groups -OCH3 is 2. The maximum Gasteiger partial charge on any atom is 0.168 e. The van der Waals surface area contributed by atoms with Gasteiger partial charge in [-0.25, -0.2) is 0 Å². The largest absolute Gasteiger partial charge is 0.353 e. The van der Waals surface area contributed by atoms with Crippen molar-refractivity contribution in [2.75, 3.05) is 14.2 Å². The molecule has 1 aliphatic carbocycles. The van der Waals surface area contributed by atoms with E-state index in [2.05, 4.69) is 13.8 Å². The molecule has 1 saturated carbocycles. The summed E-state index contributed by atoms with van der Waals surface area (Å²) in [5.41, 5.74) is 0. The van der Waals surface area contributed by atoms with Gasteiger partial charge in [0, 0.05) is 27.1 Å². The first-order chi connectivity index (χ1) is 5.62. The molecule has 0 aromatic carbocycles. The number of hydrogen-bond donors (Lipinski definition) is 0. The molecule has 0 saturated heterocycles. The molecular weight excluding hydrogens is 152 g/mol. The lowest BCUT2D eigenvalue weighted by molar-refractivity contribution is -0.237. The van der Waals surface area contributed by atoms with E-state index in [1.807, 2.05) is 0 Å². The van der Waals surface area contributed by atoms with Crippen LogP contribution in [0.1, 0.15) is 33.1 Å². The monoisotopic (exact) mass is 172 g/mol. The summed E-state index contributed by atoms with van der Waals surface area (Å²) < 4.78 is 10.9. The molecule has 1 rings (SSSR count). The SMILES string of the molecule is COC1(OC)CC(C)CC(C)C1. The van der Waals surface area contributed by atoms with Crippen LogP contribution in [0.15, 0.2) is 0 Å². The van der Waals surface area contributed by atoms with Crippen molar-refractivity contribution < 1.29 is 9.47 Å². The van der Waals surface area contributed by atoms with E-state index in [4.69, 9.17) is 9.47 Å². The van der Waals surface area contributed by atoms with Gasteiger partial charge >= 0.3 is 0 Å². The minimum absolute atomic E-state index is 0.295. The van der Waals surface area contributed by atoms with E-state index < -0.39 is 0 Å². The van der Waals surface area contributed by atoms with Crippen LogP contribution < -0.4 is 0 Å². The van der Waals surface area contributed by atoms with Crippen LogP contribution in [-0.2, 0) is 9.47 Å². The van der Waals surface area contributed by atoms with E-state index in [1.165, 1.54) is 6.42 Å². The third-order valence-electron chi connectivity index (χ3n) is 2.87. The molecule has 0 radical (unpaired) electrons. The number of rotatable bonds is 2. The summed E-state index contributed by atoms with van der Waals surface area (Å²) in [7, 11) is 3.49. The smallest absolute Gasteiger partial charge is 0.168 e. The predicted octanol–water partition coefficient (Wildman–Crippen LogP) is 2.43. The summed E-state index contributed by atoms with van der Waals surface area (Å²) in [6.07, 6.45) is 3.36. The third kappa shape index (κ3) is 1.99. The van der Waals surface area contributed by atoms with Crippen LogP contribution in [-0.4, -0.2) is 20.0 Å². The van der Waals surface area contributed by atoms with Gasteiger partial charge in [-0.1, -0.05) is 13.8 Å². The summed E-state index contributed by atoms with van der Waals surface area (Å²) >= 11 is 0. The molecule has 0 bridgehead atoms. The van der Waals surface area contributed by atoms with Gasteiger partial charge < -0.3 is 9.47 Å². The van der Waals surface area contributed by atoms with Gasteiger partial charge in [0.15, 0.2) is 5.79 Å². The second-order valence-corrected chi connectivity index (χ2v) is 4.17. The molecule has 2 heteroatoms. The highest BCUT2D eigenvalue weighted by atomic mass is 16.7. The van der Waals surface area contributed by atoms with E-state index in [1.54, 1.807) is 14.2 Å². The van der Waals surface area contributed by atoms with Crippen molar-refractivity contribution >= 4 is 0 Å². The standard InChI is InChI=1S/C10H20O2/c1-8-5-9(2)7-10(6-8,11-3)12-4/h8-9H,5-7H2,1-4H3. The summed E-state index contributed by atoms with van der Waals surface area (Å²) in [6, 6.07) is 0. The minimum Gasteiger partial charge on any atom is -0.353 e. The fourth-order valence-corrected chi connectivity index (χ4v) is 2.42. The van der Waals surface area contributed by atoms with Gasteiger partial charge in [-0.15, -0.1) is 0 Å². The van der Waals surface area contributed by atoms with Crippen molar-refractivity contribution in [2.24, 2.45) is 11.8 Å².